The number of hydrogen-bond donors (Lipinski definition) is 2. The van der Waals surface area contributed by atoms with E-state index in [1.807, 2.05) is 25.1 Å². The number of thiazole rings is 1. The number of aromatic nitrogens is 1. The van der Waals surface area contributed by atoms with Crippen molar-refractivity contribution < 1.29 is 9.59 Å². The van der Waals surface area contributed by atoms with Crippen LogP contribution in [-0.2, 0) is 16.0 Å². The maximum atomic E-state index is 11.8. The molecule has 1 heterocycles. The number of anilines is 1. The van der Waals surface area contributed by atoms with Crippen LogP contribution >= 0.6 is 34.7 Å². The topological polar surface area (TPSA) is 85.1 Å². The van der Waals surface area contributed by atoms with Gasteiger partial charge in [-0.1, -0.05) is 23.7 Å². The first-order valence-corrected chi connectivity index (χ1v) is 9.64. The van der Waals surface area contributed by atoms with E-state index in [0.29, 0.717) is 17.3 Å². The summed E-state index contributed by atoms with van der Waals surface area (Å²) in [7, 11) is 0. The molecule has 0 bridgehead atoms. The molecule has 1 aromatic carbocycles. The lowest BCUT2D eigenvalue weighted by atomic mass is 10.1. The fraction of sp³-hybridized carbons (Fsp3) is 0.312. The minimum absolute atomic E-state index is 0.119. The Labute approximate surface area is 154 Å². The number of benzene rings is 1. The van der Waals surface area contributed by atoms with Crippen molar-refractivity contribution in [1.29, 1.82) is 0 Å². The number of aryl methyl sites for hydroxylation is 1. The summed E-state index contributed by atoms with van der Waals surface area (Å²) in [6.45, 7) is 1.97. The third kappa shape index (κ3) is 6.14. The lowest BCUT2D eigenvalue weighted by Crippen LogP contribution is -2.15. The smallest absolute Gasteiger partial charge is 0.227 e. The Hall–Kier alpha value is -1.57. The molecule has 2 aromatic rings. The van der Waals surface area contributed by atoms with Gasteiger partial charge in [-0.15, -0.1) is 11.3 Å². The first kappa shape index (κ1) is 18.8. The molecular weight excluding hydrogens is 366 g/mol. The summed E-state index contributed by atoms with van der Waals surface area (Å²) in [6, 6.07) is 5.98. The van der Waals surface area contributed by atoms with Gasteiger partial charge in [-0.25, -0.2) is 4.98 Å². The Morgan fingerprint density at radius 3 is 2.92 bits per heavy atom. The van der Waals surface area contributed by atoms with Gasteiger partial charge in [0.05, 0.1) is 5.75 Å². The van der Waals surface area contributed by atoms with Crippen LogP contribution in [0.4, 0.5) is 5.13 Å². The molecule has 0 saturated heterocycles. The fourth-order valence-corrected chi connectivity index (χ4v) is 3.66. The Morgan fingerprint density at radius 2 is 2.21 bits per heavy atom. The van der Waals surface area contributed by atoms with Crippen LogP contribution in [0.2, 0.25) is 5.02 Å². The Balaban J connectivity index is 1.83. The van der Waals surface area contributed by atoms with E-state index in [2.05, 4.69) is 10.3 Å². The number of nitrogens with one attached hydrogen (secondary N) is 1. The van der Waals surface area contributed by atoms with Crippen molar-refractivity contribution in [2.24, 2.45) is 5.73 Å². The van der Waals surface area contributed by atoms with Crippen LogP contribution in [0.5, 0.6) is 0 Å². The molecule has 0 fully saturated rings. The zero-order valence-electron chi connectivity index (χ0n) is 13.2. The second-order valence-electron chi connectivity index (χ2n) is 5.21. The molecule has 0 saturated carbocycles. The van der Waals surface area contributed by atoms with Crippen molar-refractivity contribution in [2.45, 2.75) is 19.8 Å². The van der Waals surface area contributed by atoms with Crippen LogP contribution in [0.25, 0.3) is 0 Å². The summed E-state index contributed by atoms with van der Waals surface area (Å²) in [4.78, 5) is 27.7. The van der Waals surface area contributed by atoms with Gasteiger partial charge in [-0.05, 0) is 24.1 Å². The Kier molecular flexibility index (Phi) is 7.08. The molecule has 0 aliphatic rings. The lowest BCUT2D eigenvalue weighted by Gasteiger charge is -2.02. The third-order valence-corrected chi connectivity index (χ3v) is 5.43. The number of amides is 2. The van der Waals surface area contributed by atoms with Gasteiger partial charge in [-0.2, -0.15) is 11.8 Å². The van der Waals surface area contributed by atoms with E-state index in [-0.39, 0.29) is 17.6 Å². The lowest BCUT2D eigenvalue weighted by molar-refractivity contribution is -0.116. The molecule has 0 spiro atoms. The summed E-state index contributed by atoms with van der Waals surface area (Å²) in [5, 5.41) is 4.10. The molecule has 5 nitrogen and oxygen atoms in total. The zero-order chi connectivity index (χ0) is 17.5. The van der Waals surface area contributed by atoms with E-state index in [1.165, 1.54) is 23.1 Å². The summed E-state index contributed by atoms with van der Waals surface area (Å²) in [5.74, 6) is 0.287. The number of halogens is 1. The van der Waals surface area contributed by atoms with Crippen LogP contribution in [0.1, 0.15) is 22.4 Å². The van der Waals surface area contributed by atoms with E-state index in [4.69, 9.17) is 17.3 Å². The van der Waals surface area contributed by atoms with Gasteiger partial charge >= 0.3 is 0 Å². The largest absolute Gasteiger partial charge is 0.369 e. The quantitative estimate of drug-likeness (QED) is 0.685. The molecule has 0 aliphatic carbocycles. The third-order valence-electron chi connectivity index (χ3n) is 3.13. The first-order chi connectivity index (χ1) is 11.4. The number of carbonyl (C=O) groups is 2. The Bertz CT molecular complexity index is 734. The van der Waals surface area contributed by atoms with Crippen LogP contribution in [0.15, 0.2) is 24.4 Å². The maximum absolute atomic E-state index is 11.8. The molecule has 0 aliphatic heterocycles. The predicted octanol–water partition coefficient (Wildman–Crippen LogP) is 3.24. The van der Waals surface area contributed by atoms with Crippen molar-refractivity contribution in [3.8, 4) is 0 Å². The summed E-state index contributed by atoms with van der Waals surface area (Å²) >= 11 is 8.92. The van der Waals surface area contributed by atoms with Crippen LogP contribution in [0, 0.1) is 6.92 Å². The number of hydrogen-bond acceptors (Lipinski definition) is 5. The van der Waals surface area contributed by atoms with E-state index in [9.17, 15) is 9.59 Å². The standard InChI is InChI=1S/C16H18ClN3O2S2/c1-10-2-3-11(7-13(10)17)6-12-8-19-16(24-12)20-15(22)4-5-23-9-14(18)21/h2-3,7-8H,4-6,9H2,1H3,(H2,18,21)(H,19,20,22). The second-order valence-corrected chi connectivity index (χ2v) is 7.84. The van der Waals surface area contributed by atoms with Crippen molar-refractivity contribution in [2.75, 3.05) is 16.8 Å². The van der Waals surface area contributed by atoms with Crippen molar-refractivity contribution >= 4 is 51.6 Å². The number of primary amides is 1. The molecule has 128 valence electrons. The van der Waals surface area contributed by atoms with Gasteiger partial charge in [0.15, 0.2) is 5.13 Å². The number of nitrogens with zero attached hydrogens (tertiary/aromatic N) is 1. The van der Waals surface area contributed by atoms with Crippen molar-refractivity contribution in [3.05, 3.63) is 45.4 Å². The van der Waals surface area contributed by atoms with Crippen LogP contribution in [-0.4, -0.2) is 28.3 Å². The number of nitrogens with two attached hydrogens (primary N) is 1. The molecule has 0 atom stereocenters. The van der Waals surface area contributed by atoms with E-state index >= 15 is 0 Å². The van der Waals surface area contributed by atoms with Crippen LogP contribution in [0.3, 0.4) is 0 Å². The molecule has 3 N–H and O–H groups in total. The molecule has 2 rings (SSSR count). The summed E-state index contributed by atoms with van der Waals surface area (Å²) < 4.78 is 0. The van der Waals surface area contributed by atoms with Crippen molar-refractivity contribution in [3.63, 3.8) is 0 Å². The molecule has 2 amide bonds. The number of thioether (sulfide) groups is 1. The summed E-state index contributed by atoms with van der Waals surface area (Å²) in [5.41, 5.74) is 7.19. The summed E-state index contributed by atoms with van der Waals surface area (Å²) in [6.07, 6.45) is 2.80. The van der Waals surface area contributed by atoms with Gasteiger partial charge in [0.1, 0.15) is 0 Å². The highest BCUT2D eigenvalue weighted by Gasteiger charge is 2.08. The number of carbonyl (C=O) groups excluding carboxylic acids is 2. The van der Waals surface area contributed by atoms with Gasteiger partial charge < -0.3 is 11.1 Å². The predicted molar refractivity (Wildman–Crippen MR) is 101 cm³/mol. The first-order valence-electron chi connectivity index (χ1n) is 7.29. The van der Waals surface area contributed by atoms with Gasteiger partial charge in [-0.3, -0.25) is 9.59 Å². The SMILES string of the molecule is Cc1ccc(Cc2cnc(NC(=O)CCSCC(N)=O)s2)cc1Cl. The molecule has 0 unspecified atom stereocenters. The molecule has 8 heteroatoms. The van der Waals surface area contributed by atoms with Gasteiger partial charge in [0, 0.05) is 34.7 Å². The highest BCUT2D eigenvalue weighted by molar-refractivity contribution is 7.99. The minimum atomic E-state index is -0.374. The van der Waals surface area contributed by atoms with Gasteiger partial charge in [0.25, 0.3) is 0 Å². The average Bonchev–Trinajstić information content (AvgIpc) is 2.94. The second kappa shape index (κ2) is 9.05. The normalized spacial score (nSPS) is 10.6. The highest BCUT2D eigenvalue weighted by Crippen LogP contribution is 2.24. The monoisotopic (exact) mass is 383 g/mol. The van der Waals surface area contributed by atoms with E-state index in [0.717, 1.165) is 27.4 Å². The molecular formula is C16H18ClN3O2S2. The van der Waals surface area contributed by atoms with E-state index < -0.39 is 0 Å². The highest BCUT2D eigenvalue weighted by atomic mass is 35.5. The Morgan fingerprint density at radius 1 is 1.42 bits per heavy atom. The van der Waals surface area contributed by atoms with Gasteiger partial charge in [0.2, 0.25) is 11.8 Å². The average molecular weight is 384 g/mol. The minimum Gasteiger partial charge on any atom is -0.369 e. The maximum Gasteiger partial charge on any atom is 0.227 e. The molecule has 0 radical (unpaired) electrons. The van der Waals surface area contributed by atoms with E-state index in [1.54, 1.807) is 6.20 Å². The van der Waals surface area contributed by atoms with Crippen molar-refractivity contribution in [1.82, 2.24) is 4.98 Å². The molecule has 24 heavy (non-hydrogen) atoms. The zero-order valence-corrected chi connectivity index (χ0v) is 15.6. The fourth-order valence-electron chi connectivity index (χ4n) is 1.91. The van der Waals surface area contributed by atoms with Crippen LogP contribution < -0.4 is 11.1 Å². The number of rotatable bonds is 8. The molecule has 1 aromatic heterocycles.